The Labute approximate surface area is 227 Å². The van der Waals surface area contributed by atoms with Gasteiger partial charge in [0.15, 0.2) is 25.0 Å². The van der Waals surface area contributed by atoms with Crippen molar-refractivity contribution in [3.8, 4) is 0 Å². The molecule has 1 heterocycles. The first kappa shape index (κ1) is 34.5. The van der Waals surface area contributed by atoms with Crippen LogP contribution in [0, 0.1) is 5.92 Å². The maximum Gasteiger partial charge on any atom is 0.192 e. The topological polar surface area (TPSA) is 57.2 Å². The van der Waals surface area contributed by atoms with Crippen molar-refractivity contribution in [1.82, 2.24) is 0 Å². The minimum atomic E-state index is -2.04. The highest BCUT2D eigenvalue weighted by molar-refractivity contribution is 6.75. The highest BCUT2D eigenvalue weighted by Crippen LogP contribution is 2.44. The van der Waals surface area contributed by atoms with E-state index in [-0.39, 0.29) is 52.1 Å². The van der Waals surface area contributed by atoms with Gasteiger partial charge in [0, 0.05) is 13.0 Å². The lowest BCUT2D eigenvalue weighted by Gasteiger charge is -2.51. The lowest BCUT2D eigenvalue weighted by molar-refractivity contribution is -0.185. The monoisotopic (exact) mass is 562 g/mol. The lowest BCUT2D eigenvalue weighted by Crippen LogP contribution is -2.60. The van der Waals surface area contributed by atoms with Gasteiger partial charge in [0.05, 0.1) is 24.9 Å². The minimum Gasteiger partial charge on any atom is -0.414 e. The zero-order valence-electron chi connectivity index (χ0n) is 26.8. The summed E-state index contributed by atoms with van der Waals surface area (Å²) >= 11 is 0. The second kappa shape index (κ2) is 11.9. The van der Waals surface area contributed by atoms with Crippen molar-refractivity contribution in [2.75, 3.05) is 13.2 Å². The zero-order valence-corrected chi connectivity index (χ0v) is 29.8. The maximum absolute atomic E-state index is 9.75. The van der Waals surface area contributed by atoms with Crippen LogP contribution in [0.1, 0.15) is 82.1 Å². The molecular weight excluding hydrogens is 501 g/mol. The number of aliphatic hydroxyl groups excluding tert-OH is 1. The average Bonchev–Trinajstić information content (AvgIpc) is 2.64. The van der Waals surface area contributed by atoms with E-state index in [0.717, 1.165) is 6.42 Å². The van der Waals surface area contributed by atoms with Crippen LogP contribution in [0.15, 0.2) is 0 Å². The lowest BCUT2D eigenvalue weighted by atomic mass is 9.89. The fraction of sp³-hybridized carbons (Fsp3) is 1.00. The van der Waals surface area contributed by atoms with Gasteiger partial charge in [0.25, 0.3) is 0 Å². The molecule has 1 aliphatic heterocycles. The van der Waals surface area contributed by atoms with Gasteiger partial charge in [-0.3, -0.25) is 0 Å². The second-order valence-electron chi connectivity index (χ2n) is 15.8. The molecule has 0 saturated carbocycles. The average molecular weight is 563 g/mol. The molecule has 1 N–H and O–H groups in total. The predicted molar refractivity (Wildman–Crippen MR) is 161 cm³/mol. The number of hydrogen-bond acceptors (Lipinski definition) is 5. The van der Waals surface area contributed by atoms with E-state index in [0.29, 0.717) is 13.0 Å². The van der Waals surface area contributed by atoms with Crippen LogP contribution < -0.4 is 0 Å². The molecule has 8 heteroatoms. The van der Waals surface area contributed by atoms with Crippen molar-refractivity contribution >= 4 is 25.0 Å². The van der Waals surface area contributed by atoms with E-state index < -0.39 is 25.0 Å². The molecule has 0 spiro atoms. The van der Waals surface area contributed by atoms with Crippen LogP contribution in [0.2, 0.25) is 54.4 Å². The van der Waals surface area contributed by atoms with Crippen LogP contribution in [-0.4, -0.2) is 67.7 Å². The third kappa shape index (κ3) is 8.73. The molecule has 1 aliphatic rings. The van der Waals surface area contributed by atoms with E-state index >= 15 is 0 Å². The Kier molecular flexibility index (Phi) is 11.4. The normalized spacial score (nSPS) is 26.2. The van der Waals surface area contributed by atoms with Gasteiger partial charge in [-0.05, 0) is 66.7 Å². The number of ether oxygens (including phenoxy) is 1. The third-order valence-corrected chi connectivity index (χ3v) is 23.2. The van der Waals surface area contributed by atoms with Crippen molar-refractivity contribution in [2.45, 2.75) is 161 Å². The summed E-state index contributed by atoms with van der Waals surface area (Å²) in [5.74, 6) is 0.189. The summed E-state index contributed by atoms with van der Waals surface area (Å²) in [6.45, 7) is 37.3. The van der Waals surface area contributed by atoms with Crippen molar-refractivity contribution in [2.24, 2.45) is 5.92 Å². The molecule has 5 atom stereocenters. The summed E-state index contributed by atoms with van der Waals surface area (Å²) in [5, 5.41) is 10.1. The second-order valence-corrected chi connectivity index (χ2v) is 30.1. The molecule has 1 rings (SSSR count). The Balaban J connectivity index is 3.39. The number of rotatable bonds is 10. The summed E-state index contributed by atoms with van der Waals surface area (Å²) in [6.07, 6.45) is 1.17. The predicted octanol–water partition coefficient (Wildman–Crippen LogP) is 7.97. The van der Waals surface area contributed by atoms with E-state index in [1.165, 1.54) is 0 Å². The smallest absolute Gasteiger partial charge is 0.192 e. The zero-order chi connectivity index (χ0) is 28.5. The summed E-state index contributed by atoms with van der Waals surface area (Å²) in [7, 11) is -6.02. The van der Waals surface area contributed by atoms with Gasteiger partial charge in [-0.15, -0.1) is 0 Å². The molecule has 0 aromatic carbocycles. The van der Waals surface area contributed by atoms with Crippen LogP contribution in [-0.2, 0) is 18.0 Å². The minimum absolute atomic E-state index is 0.0497. The summed E-state index contributed by atoms with van der Waals surface area (Å²) in [6, 6.07) is 0. The Bertz CT molecular complexity index is 689. The van der Waals surface area contributed by atoms with E-state index in [4.69, 9.17) is 18.0 Å². The summed E-state index contributed by atoms with van der Waals surface area (Å²) in [4.78, 5) is 0. The first-order chi connectivity index (χ1) is 15.9. The van der Waals surface area contributed by atoms with Crippen LogP contribution in [0.4, 0.5) is 0 Å². The van der Waals surface area contributed by atoms with Gasteiger partial charge in [0.2, 0.25) is 0 Å². The highest BCUT2D eigenvalue weighted by atomic mass is 28.4. The van der Waals surface area contributed by atoms with Gasteiger partial charge in [-0.2, -0.15) is 0 Å². The molecule has 216 valence electrons. The van der Waals surface area contributed by atoms with Crippen molar-refractivity contribution in [3.05, 3.63) is 0 Å². The first-order valence-corrected chi connectivity index (χ1v) is 22.8. The molecule has 0 aliphatic carbocycles. The van der Waals surface area contributed by atoms with Gasteiger partial charge >= 0.3 is 0 Å². The van der Waals surface area contributed by atoms with Crippen LogP contribution in [0.3, 0.4) is 0 Å². The standard InChI is InChI=1S/C28H62O5Si3/c1-21(17-18-29)25-23(33-36(15,16)28(8,9)10)19-22(32-35(13,14)27(5,6)7)24(31-25)20-30-34(11,12)26(2,3)4/h21-25,29H,17-20H2,1-16H3/t21-,22+,23-,24+,25-/m0/s1. The number of aliphatic hydroxyl groups is 1. The van der Waals surface area contributed by atoms with Crippen LogP contribution in [0.5, 0.6) is 0 Å². The maximum atomic E-state index is 9.75. The fourth-order valence-electron chi connectivity index (χ4n) is 3.76. The van der Waals surface area contributed by atoms with Crippen LogP contribution in [0.25, 0.3) is 0 Å². The SMILES string of the molecule is C[C@@H](CCO)[C@@H]1O[C@H](CO[Si](C)(C)C(C)(C)C)[C@H](O[Si](C)(C)C(C)(C)C)C[C@@H]1O[Si](C)(C)C(C)(C)C. The fourth-order valence-corrected chi connectivity index (χ4v) is 7.48. The summed E-state index contributed by atoms with van der Waals surface area (Å²) < 4.78 is 27.7. The first-order valence-electron chi connectivity index (χ1n) is 14.1. The molecule has 36 heavy (non-hydrogen) atoms. The van der Waals surface area contributed by atoms with Crippen molar-refractivity contribution in [3.63, 3.8) is 0 Å². The quantitative estimate of drug-likeness (QED) is 0.274. The number of hydrogen-bond donors (Lipinski definition) is 1. The van der Waals surface area contributed by atoms with Gasteiger partial charge in [0.1, 0.15) is 6.10 Å². The molecule has 0 unspecified atom stereocenters. The molecule has 0 amide bonds. The van der Waals surface area contributed by atoms with E-state index in [1.807, 2.05) is 0 Å². The Hall–Kier alpha value is 0.451. The molecule has 0 bridgehead atoms. The Morgan fingerprint density at radius 1 is 0.750 bits per heavy atom. The van der Waals surface area contributed by atoms with Crippen molar-refractivity contribution < 1.29 is 23.1 Å². The van der Waals surface area contributed by atoms with Gasteiger partial charge in [-0.25, -0.2) is 0 Å². The molecule has 0 radical (unpaired) electrons. The Morgan fingerprint density at radius 2 is 1.17 bits per heavy atom. The molecular formula is C28H62O5Si3. The molecule has 1 saturated heterocycles. The van der Waals surface area contributed by atoms with E-state index in [1.54, 1.807) is 0 Å². The largest absolute Gasteiger partial charge is 0.414 e. The molecule has 0 aromatic heterocycles. The Morgan fingerprint density at radius 3 is 1.56 bits per heavy atom. The third-order valence-electron chi connectivity index (χ3n) is 9.64. The highest BCUT2D eigenvalue weighted by Gasteiger charge is 2.50. The molecule has 0 aromatic rings. The van der Waals surface area contributed by atoms with Crippen LogP contribution >= 0.6 is 0 Å². The molecule has 5 nitrogen and oxygen atoms in total. The van der Waals surface area contributed by atoms with E-state index in [9.17, 15) is 5.11 Å². The van der Waals surface area contributed by atoms with Gasteiger partial charge in [-0.1, -0.05) is 69.2 Å². The molecule has 1 fully saturated rings. The van der Waals surface area contributed by atoms with Gasteiger partial charge < -0.3 is 23.1 Å². The van der Waals surface area contributed by atoms with Crippen molar-refractivity contribution in [1.29, 1.82) is 0 Å². The summed E-state index contributed by atoms with van der Waals surface area (Å²) in [5.41, 5.74) is 0. The van der Waals surface area contributed by atoms with E-state index in [2.05, 4.69) is 109 Å².